The number of halogens is 2. The van der Waals surface area contributed by atoms with E-state index in [2.05, 4.69) is 39.1 Å². The molecule has 0 spiro atoms. The summed E-state index contributed by atoms with van der Waals surface area (Å²) in [5.41, 5.74) is 3.43. The lowest BCUT2D eigenvalue weighted by atomic mass is 10.1. The van der Waals surface area contributed by atoms with Crippen LogP contribution in [0.1, 0.15) is 22.8 Å². The maximum Gasteiger partial charge on any atom is 0.265 e. The van der Waals surface area contributed by atoms with Crippen molar-refractivity contribution >= 4 is 57.9 Å². The zero-order valence-electron chi connectivity index (χ0n) is 20.9. The summed E-state index contributed by atoms with van der Waals surface area (Å²) in [6.45, 7) is 5.15. The molecule has 2 aliphatic rings. The first-order chi connectivity index (χ1) is 17.8. The molecule has 1 atom stereocenters. The van der Waals surface area contributed by atoms with E-state index in [-0.39, 0.29) is 19.2 Å². The molecule has 9 nitrogen and oxygen atoms in total. The van der Waals surface area contributed by atoms with Crippen LogP contribution < -0.4 is 20.0 Å². The number of hydrogen-bond donors (Lipinski definition) is 2. The number of carbonyl (C=O) groups excluding carboxylic acids is 1. The first kappa shape index (κ1) is 25.5. The van der Waals surface area contributed by atoms with Gasteiger partial charge in [-0.1, -0.05) is 29.3 Å². The number of fused-ring (bicyclic) bond motifs is 1. The SMILES string of the molecule is CC1CN(c2ccc(Nc3ncc4c(n3)N(C)CN(c3c(Cl)cccc3Cl)C4=O)cc2CO)CCN1C. The number of rotatable bonds is 5. The Morgan fingerprint density at radius 2 is 1.89 bits per heavy atom. The molecule has 1 amide bonds. The van der Waals surface area contributed by atoms with Crippen molar-refractivity contribution < 1.29 is 9.90 Å². The van der Waals surface area contributed by atoms with Gasteiger partial charge in [-0.3, -0.25) is 9.69 Å². The summed E-state index contributed by atoms with van der Waals surface area (Å²) >= 11 is 12.7. The quantitative estimate of drug-likeness (QED) is 0.496. The van der Waals surface area contributed by atoms with E-state index in [1.807, 2.05) is 30.1 Å². The Morgan fingerprint density at radius 3 is 2.59 bits per heavy atom. The van der Waals surface area contributed by atoms with E-state index in [1.165, 1.54) is 11.1 Å². The van der Waals surface area contributed by atoms with Gasteiger partial charge in [0.1, 0.15) is 11.4 Å². The van der Waals surface area contributed by atoms with Gasteiger partial charge in [0.05, 0.1) is 29.0 Å². The normalized spacial score (nSPS) is 18.3. The topological polar surface area (TPSA) is 88.1 Å². The molecule has 1 unspecified atom stereocenters. The molecule has 1 fully saturated rings. The van der Waals surface area contributed by atoms with Crippen LogP contribution in [0.15, 0.2) is 42.6 Å². The van der Waals surface area contributed by atoms with E-state index in [0.717, 1.165) is 36.6 Å². The molecule has 0 aliphatic carbocycles. The number of aromatic nitrogens is 2. The Balaban J connectivity index is 1.38. The fourth-order valence-corrected chi connectivity index (χ4v) is 5.38. The van der Waals surface area contributed by atoms with Crippen LogP contribution in [0, 0.1) is 0 Å². The number of anilines is 5. The second kappa shape index (κ2) is 10.3. The standard InChI is InChI=1S/C26H29Cl2N7O2/c1-16-13-34(10-9-32(16)2)22-8-7-18(11-17(22)14-36)30-26-29-12-19-24(31-26)33(3)15-35(25(19)37)23-20(27)5-4-6-21(23)28/h4-8,11-12,16,36H,9-10,13-15H2,1-3H3,(H,29,30,31). The lowest BCUT2D eigenvalue weighted by Gasteiger charge is -2.39. The van der Waals surface area contributed by atoms with E-state index >= 15 is 0 Å². The van der Waals surface area contributed by atoms with Gasteiger partial charge in [0.2, 0.25) is 5.95 Å². The second-order valence-electron chi connectivity index (χ2n) is 9.48. The van der Waals surface area contributed by atoms with E-state index in [0.29, 0.717) is 39.1 Å². The minimum absolute atomic E-state index is 0.0751. The number of aliphatic hydroxyl groups is 1. The third-order valence-corrected chi connectivity index (χ3v) is 7.58. The largest absolute Gasteiger partial charge is 0.392 e. The van der Waals surface area contributed by atoms with Crippen molar-refractivity contribution in [1.82, 2.24) is 14.9 Å². The van der Waals surface area contributed by atoms with Gasteiger partial charge in [-0.05, 0) is 44.3 Å². The first-order valence-corrected chi connectivity index (χ1v) is 12.8. The number of nitrogens with zero attached hydrogens (tertiary/aromatic N) is 6. The molecule has 3 heterocycles. The van der Waals surface area contributed by atoms with Crippen LogP contribution in [0.25, 0.3) is 0 Å². The minimum atomic E-state index is -0.275. The molecule has 0 bridgehead atoms. The van der Waals surface area contributed by atoms with Crippen LogP contribution in [0.4, 0.5) is 28.8 Å². The molecule has 3 aromatic rings. The molecule has 2 N–H and O–H groups in total. The molecule has 5 rings (SSSR count). The van der Waals surface area contributed by atoms with E-state index in [9.17, 15) is 9.90 Å². The molecule has 0 radical (unpaired) electrons. The van der Waals surface area contributed by atoms with Crippen LogP contribution in [0.3, 0.4) is 0 Å². The van der Waals surface area contributed by atoms with E-state index in [4.69, 9.17) is 23.2 Å². The molecule has 11 heteroatoms. The second-order valence-corrected chi connectivity index (χ2v) is 10.3. The molecular weight excluding hydrogens is 513 g/mol. The third-order valence-electron chi connectivity index (χ3n) is 6.97. The maximum absolute atomic E-state index is 13.3. The number of amides is 1. The summed E-state index contributed by atoms with van der Waals surface area (Å²) < 4.78 is 0. The van der Waals surface area contributed by atoms with Crippen molar-refractivity contribution in [2.45, 2.75) is 19.6 Å². The van der Waals surface area contributed by atoms with Gasteiger partial charge in [-0.2, -0.15) is 4.98 Å². The fourth-order valence-electron chi connectivity index (χ4n) is 4.78. The van der Waals surface area contributed by atoms with Crippen molar-refractivity contribution in [3.05, 3.63) is 63.8 Å². The van der Waals surface area contributed by atoms with Crippen LogP contribution in [0.5, 0.6) is 0 Å². The summed E-state index contributed by atoms with van der Waals surface area (Å²) in [4.78, 5) is 30.3. The predicted octanol–water partition coefficient (Wildman–Crippen LogP) is 4.21. The van der Waals surface area contributed by atoms with Gasteiger partial charge < -0.3 is 25.1 Å². The highest BCUT2D eigenvalue weighted by Crippen LogP contribution is 2.37. The summed E-state index contributed by atoms with van der Waals surface area (Å²) in [7, 11) is 3.98. The Hall–Kier alpha value is -3.11. The zero-order chi connectivity index (χ0) is 26.3. The predicted molar refractivity (Wildman–Crippen MR) is 149 cm³/mol. The number of nitrogens with one attached hydrogen (secondary N) is 1. The molecule has 37 heavy (non-hydrogen) atoms. The lowest BCUT2D eigenvalue weighted by Crippen LogP contribution is -2.50. The van der Waals surface area contributed by atoms with Gasteiger partial charge in [0.15, 0.2) is 0 Å². The average Bonchev–Trinajstić information content (AvgIpc) is 2.88. The Morgan fingerprint density at radius 1 is 1.14 bits per heavy atom. The molecule has 194 valence electrons. The average molecular weight is 542 g/mol. The van der Waals surface area contributed by atoms with Crippen LogP contribution in [0.2, 0.25) is 10.0 Å². The van der Waals surface area contributed by atoms with Gasteiger partial charge in [-0.15, -0.1) is 0 Å². The highest BCUT2D eigenvalue weighted by Gasteiger charge is 2.32. The van der Waals surface area contributed by atoms with Crippen molar-refractivity contribution in [2.75, 3.05) is 60.4 Å². The number of hydrogen-bond acceptors (Lipinski definition) is 8. The smallest absolute Gasteiger partial charge is 0.265 e. The molecule has 2 aromatic carbocycles. The molecule has 0 saturated carbocycles. The number of carbonyl (C=O) groups is 1. The van der Waals surface area contributed by atoms with Crippen LogP contribution in [-0.4, -0.2) is 72.3 Å². The molecular formula is C26H29Cl2N7O2. The number of piperazine rings is 1. The maximum atomic E-state index is 13.3. The van der Waals surface area contributed by atoms with Crippen LogP contribution in [-0.2, 0) is 6.61 Å². The van der Waals surface area contributed by atoms with Crippen molar-refractivity contribution in [3.8, 4) is 0 Å². The Bertz CT molecular complexity index is 1320. The number of benzene rings is 2. The first-order valence-electron chi connectivity index (χ1n) is 12.1. The third kappa shape index (κ3) is 4.92. The van der Waals surface area contributed by atoms with Crippen molar-refractivity contribution in [1.29, 1.82) is 0 Å². The van der Waals surface area contributed by atoms with Gasteiger partial charge in [0.25, 0.3) is 5.91 Å². The zero-order valence-corrected chi connectivity index (χ0v) is 22.5. The Kier molecular flexibility index (Phi) is 7.13. The monoisotopic (exact) mass is 541 g/mol. The molecule has 1 aromatic heterocycles. The number of likely N-dealkylation sites (N-methyl/N-ethyl adjacent to an activating group) is 1. The highest BCUT2D eigenvalue weighted by molar-refractivity contribution is 6.40. The highest BCUT2D eigenvalue weighted by atomic mass is 35.5. The van der Waals surface area contributed by atoms with Gasteiger partial charge in [0, 0.05) is 55.9 Å². The lowest BCUT2D eigenvalue weighted by molar-refractivity contribution is 0.0982. The van der Waals surface area contributed by atoms with Gasteiger partial charge in [-0.25, -0.2) is 4.98 Å². The summed E-state index contributed by atoms with van der Waals surface area (Å²) in [6.07, 6.45) is 1.51. The summed E-state index contributed by atoms with van der Waals surface area (Å²) in [5.74, 6) is 0.586. The Labute approximate surface area is 226 Å². The number of para-hydroxylation sites is 1. The van der Waals surface area contributed by atoms with Crippen molar-refractivity contribution in [3.63, 3.8) is 0 Å². The number of aliphatic hydroxyl groups excluding tert-OH is 1. The minimum Gasteiger partial charge on any atom is -0.392 e. The van der Waals surface area contributed by atoms with Gasteiger partial charge >= 0.3 is 0 Å². The molecule has 2 aliphatic heterocycles. The van der Waals surface area contributed by atoms with Crippen LogP contribution >= 0.6 is 23.2 Å². The fraction of sp³-hybridized carbons (Fsp3) is 0.346. The summed E-state index contributed by atoms with van der Waals surface area (Å²) in [5, 5.41) is 14.1. The summed E-state index contributed by atoms with van der Waals surface area (Å²) in [6, 6.07) is 11.5. The van der Waals surface area contributed by atoms with E-state index in [1.54, 1.807) is 18.2 Å². The molecule has 1 saturated heterocycles. The van der Waals surface area contributed by atoms with E-state index < -0.39 is 0 Å². The van der Waals surface area contributed by atoms with Crippen molar-refractivity contribution in [2.24, 2.45) is 0 Å².